The molecule has 44 heavy (non-hydrogen) atoms. The highest BCUT2D eigenvalue weighted by atomic mass is 32.1. The van der Waals surface area contributed by atoms with Gasteiger partial charge in [0.05, 0.1) is 0 Å². The summed E-state index contributed by atoms with van der Waals surface area (Å²) in [5, 5.41) is 4.03. The summed E-state index contributed by atoms with van der Waals surface area (Å²) in [5.41, 5.74) is 9.59. The summed E-state index contributed by atoms with van der Waals surface area (Å²) in [6.45, 7) is 0. The van der Waals surface area contributed by atoms with Crippen LogP contribution in [0.4, 0.5) is 0 Å². The van der Waals surface area contributed by atoms with Crippen LogP contribution in [0.5, 0.6) is 0 Å². The third-order valence-electron chi connectivity index (χ3n) is 8.67. The summed E-state index contributed by atoms with van der Waals surface area (Å²) in [4.78, 5) is 11.1. The molecule has 0 saturated carbocycles. The maximum absolute atomic E-state index is 4.84. The lowest BCUT2D eigenvalue weighted by Crippen LogP contribution is -1.91. The van der Waals surface area contributed by atoms with Crippen molar-refractivity contribution in [3.8, 4) is 44.8 Å². The fourth-order valence-electron chi connectivity index (χ4n) is 6.52. The first-order valence-corrected chi connectivity index (χ1v) is 16.6. The Hall–Kier alpha value is -4.90. The molecule has 0 fully saturated rings. The highest BCUT2D eigenvalue weighted by Gasteiger charge is 2.16. The van der Waals surface area contributed by atoms with Gasteiger partial charge in [-0.2, -0.15) is 0 Å². The summed E-state index contributed by atoms with van der Waals surface area (Å²) in [5.74, 6) is 0.738. The third kappa shape index (κ3) is 4.22. The van der Waals surface area contributed by atoms with Crippen molar-refractivity contribution in [2.24, 2.45) is 0 Å². The second-order valence-corrected chi connectivity index (χ2v) is 13.4. The Kier molecular flexibility index (Phi) is 6.03. The van der Waals surface area contributed by atoms with Gasteiger partial charge in [-0.05, 0) is 75.9 Å². The van der Waals surface area contributed by atoms with Crippen LogP contribution in [0, 0.1) is 0 Å². The van der Waals surface area contributed by atoms with E-state index in [1.54, 1.807) is 0 Å². The Labute approximate surface area is 263 Å². The lowest BCUT2D eigenvalue weighted by atomic mass is 9.97. The number of hydrogen-bond acceptors (Lipinski definition) is 4. The Morgan fingerprint density at radius 2 is 1.16 bits per heavy atom. The fourth-order valence-corrected chi connectivity index (χ4v) is 9.07. The molecule has 0 amide bonds. The molecule has 0 saturated heterocycles. The van der Waals surface area contributed by atoms with Crippen LogP contribution in [0.2, 0.25) is 0 Å². The molecule has 0 atom stereocenters. The molecule has 2 nitrogen and oxygen atoms in total. The number of allylic oxidation sites excluding steroid dienone is 1. The number of thiophene rings is 2. The minimum Gasteiger partial charge on any atom is -0.236 e. The molecule has 208 valence electrons. The van der Waals surface area contributed by atoms with Crippen LogP contribution in [-0.2, 0) is 6.42 Å². The van der Waals surface area contributed by atoms with E-state index in [0.29, 0.717) is 0 Å². The van der Waals surface area contributed by atoms with Gasteiger partial charge in [0.2, 0.25) is 0 Å². The second kappa shape index (κ2) is 10.4. The van der Waals surface area contributed by atoms with Crippen molar-refractivity contribution < 1.29 is 0 Å². The zero-order chi connectivity index (χ0) is 29.0. The standard InChI is InChI=1S/C40H26N2S2/c1-3-19-36-32(13-1)34-17-7-15-30(38(34)43-36)26-10-5-9-25(21-26)29-23-41-40(42-24-29)28-12-6-11-27(22-28)31-16-8-18-35-33-14-2-4-20-37(33)44-39(31)35/h1,3-13,15-24H,2,14H2. The average molecular weight is 599 g/mol. The van der Waals surface area contributed by atoms with Crippen LogP contribution in [0.3, 0.4) is 0 Å². The van der Waals surface area contributed by atoms with Gasteiger partial charge < -0.3 is 0 Å². The summed E-state index contributed by atoms with van der Waals surface area (Å²) in [6, 6.07) is 39.4. The predicted octanol–water partition coefficient (Wildman–Crippen LogP) is 11.7. The lowest BCUT2D eigenvalue weighted by Gasteiger charge is -2.09. The topological polar surface area (TPSA) is 25.8 Å². The fraction of sp³-hybridized carbons (Fsp3) is 0.0500. The SMILES string of the molecule is C1=Cc2sc3c(-c4cccc(-c5ncc(-c6cccc(-c7cccc8c7sc7ccccc78)c6)cn5)c4)cccc3c2CC1. The van der Waals surface area contributed by atoms with Gasteiger partial charge in [0.15, 0.2) is 5.82 Å². The number of rotatable bonds is 4. The normalized spacial score (nSPS) is 12.7. The van der Waals surface area contributed by atoms with Gasteiger partial charge in [-0.25, -0.2) is 9.97 Å². The molecule has 1 aliphatic rings. The molecule has 8 aromatic rings. The Morgan fingerprint density at radius 3 is 1.98 bits per heavy atom. The first kappa shape index (κ1) is 25.6. The molecule has 0 bridgehead atoms. The summed E-state index contributed by atoms with van der Waals surface area (Å²) in [6.07, 6.45) is 10.7. The van der Waals surface area contributed by atoms with E-state index in [4.69, 9.17) is 9.97 Å². The van der Waals surface area contributed by atoms with Crippen molar-refractivity contribution >= 4 is 59.0 Å². The number of benzene rings is 5. The van der Waals surface area contributed by atoms with Crippen molar-refractivity contribution in [3.63, 3.8) is 0 Å². The van der Waals surface area contributed by atoms with E-state index in [1.807, 2.05) is 35.1 Å². The molecule has 1 aliphatic carbocycles. The maximum atomic E-state index is 4.84. The lowest BCUT2D eigenvalue weighted by molar-refractivity contribution is 1.01. The molecule has 0 N–H and O–H groups in total. The molecular formula is C40H26N2S2. The van der Waals surface area contributed by atoms with Gasteiger partial charge in [0, 0.05) is 53.3 Å². The zero-order valence-electron chi connectivity index (χ0n) is 23.8. The predicted molar refractivity (Wildman–Crippen MR) is 189 cm³/mol. The van der Waals surface area contributed by atoms with E-state index < -0.39 is 0 Å². The van der Waals surface area contributed by atoms with Crippen LogP contribution >= 0.6 is 22.7 Å². The third-order valence-corrected chi connectivity index (χ3v) is 11.1. The minimum atomic E-state index is 0.738. The Morgan fingerprint density at radius 1 is 0.523 bits per heavy atom. The molecule has 5 aromatic carbocycles. The highest BCUT2D eigenvalue weighted by Crippen LogP contribution is 2.42. The molecule has 9 rings (SSSR count). The molecule has 0 spiro atoms. The van der Waals surface area contributed by atoms with Crippen molar-refractivity contribution in [1.82, 2.24) is 9.97 Å². The molecule has 0 unspecified atom stereocenters. The largest absolute Gasteiger partial charge is 0.236 e. The van der Waals surface area contributed by atoms with Gasteiger partial charge >= 0.3 is 0 Å². The maximum Gasteiger partial charge on any atom is 0.159 e. The van der Waals surface area contributed by atoms with Crippen LogP contribution in [0.1, 0.15) is 16.9 Å². The van der Waals surface area contributed by atoms with Crippen LogP contribution in [0.25, 0.3) is 81.1 Å². The molecule has 3 heterocycles. The highest BCUT2D eigenvalue weighted by molar-refractivity contribution is 7.26. The van der Waals surface area contributed by atoms with E-state index in [9.17, 15) is 0 Å². The number of hydrogen-bond donors (Lipinski definition) is 0. The van der Waals surface area contributed by atoms with Crippen molar-refractivity contribution in [2.75, 3.05) is 0 Å². The van der Waals surface area contributed by atoms with Crippen molar-refractivity contribution in [2.45, 2.75) is 12.8 Å². The molecule has 0 aliphatic heterocycles. The number of aromatic nitrogens is 2. The molecular weight excluding hydrogens is 573 g/mol. The van der Waals surface area contributed by atoms with Gasteiger partial charge in [-0.15, -0.1) is 22.7 Å². The van der Waals surface area contributed by atoms with Crippen LogP contribution in [-0.4, -0.2) is 9.97 Å². The Balaban J connectivity index is 1.05. The average Bonchev–Trinajstić information content (AvgIpc) is 3.67. The van der Waals surface area contributed by atoms with Crippen molar-refractivity contribution in [1.29, 1.82) is 0 Å². The van der Waals surface area contributed by atoms with Gasteiger partial charge in [0.1, 0.15) is 0 Å². The summed E-state index contributed by atoms with van der Waals surface area (Å²) in [7, 11) is 0. The minimum absolute atomic E-state index is 0.738. The monoisotopic (exact) mass is 598 g/mol. The first-order chi connectivity index (χ1) is 21.8. The second-order valence-electron chi connectivity index (χ2n) is 11.3. The molecule has 0 radical (unpaired) electrons. The van der Waals surface area contributed by atoms with E-state index in [2.05, 4.69) is 121 Å². The number of fused-ring (bicyclic) bond motifs is 6. The van der Waals surface area contributed by atoms with Crippen LogP contribution in [0.15, 0.2) is 128 Å². The molecule has 4 heteroatoms. The van der Waals surface area contributed by atoms with Gasteiger partial charge in [-0.3, -0.25) is 0 Å². The van der Waals surface area contributed by atoms with Crippen molar-refractivity contribution in [3.05, 3.63) is 138 Å². The van der Waals surface area contributed by atoms with E-state index in [1.165, 1.54) is 63.0 Å². The summed E-state index contributed by atoms with van der Waals surface area (Å²) >= 11 is 3.77. The quantitative estimate of drug-likeness (QED) is 0.201. The van der Waals surface area contributed by atoms with Gasteiger partial charge in [-0.1, -0.05) is 97.1 Å². The van der Waals surface area contributed by atoms with E-state index in [-0.39, 0.29) is 0 Å². The molecule has 3 aromatic heterocycles. The van der Waals surface area contributed by atoms with E-state index in [0.717, 1.165) is 35.4 Å². The van der Waals surface area contributed by atoms with Crippen LogP contribution < -0.4 is 0 Å². The van der Waals surface area contributed by atoms with Gasteiger partial charge in [0.25, 0.3) is 0 Å². The Bertz CT molecular complexity index is 2390. The first-order valence-electron chi connectivity index (χ1n) is 14.9. The number of nitrogens with zero attached hydrogens (tertiary/aromatic N) is 2. The number of aryl methyl sites for hydroxylation is 1. The zero-order valence-corrected chi connectivity index (χ0v) is 25.5. The smallest absolute Gasteiger partial charge is 0.159 e. The summed E-state index contributed by atoms with van der Waals surface area (Å²) < 4.78 is 4.01. The van der Waals surface area contributed by atoms with E-state index >= 15 is 0 Å².